The molecule has 120 valence electrons. The van der Waals surface area contributed by atoms with Gasteiger partial charge in [0.1, 0.15) is 11.3 Å². The highest BCUT2D eigenvalue weighted by atomic mass is 16.3. The summed E-state index contributed by atoms with van der Waals surface area (Å²) in [5.41, 5.74) is 2.88. The van der Waals surface area contributed by atoms with Gasteiger partial charge in [-0.15, -0.1) is 0 Å². The van der Waals surface area contributed by atoms with E-state index in [0.29, 0.717) is 6.42 Å². The number of benzene rings is 2. The molecule has 2 aromatic heterocycles. The monoisotopic (exact) mass is 318 g/mol. The Kier molecular flexibility index (Phi) is 3.58. The molecule has 1 amide bonds. The molecule has 4 rings (SSSR count). The van der Waals surface area contributed by atoms with Gasteiger partial charge in [0.15, 0.2) is 0 Å². The van der Waals surface area contributed by atoms with Gasteiger partial charge in [-0.3, -0.25) is 4.79 Å². The summed E-state index contributed by atoms with van der Waals surface area (Å²) in [6.45, 7) is 1.94. The first-order chi connectivity index (χ1) is 11.7. The SMILES string of the molecule is C[C@@H](NC(=O)Cc1c[nH]c2ccccc12)c1cc2ccccc2o1. The molecule has 0 aliphatic heterocycles. The molecule has 0 aliphatic rings. The number of rotatable bonds is 4. The first-order valence-electron chi connectivity index (χ1n) is 8.03. The number of H-pyrrole nitrogens is 1. The molecule has 0 saturated heterocycles. The number of amides is 1. The number of nitrogens with one attached hydrogen (secondary N) is 2. The van der Waals surface area contributed by atoms with Gasteiger partial charge in [-0.25, -0.2) is 0 Å². The van der Waals surface area contributed by atoms with Crippen LogP contribution in [-0.2, 0) is 11.2 Å². The molecule has 0 saturated carbocycles. The fraction of sp³-hybridized carbons (Fsp3) is 0.150. The minimum Gasteiger partial charge on any atom is -0.459 e. The maximum atomic E-state index is 12.4. The van der Waals surface area contributed by atoms with E-state index in [0.717, 1.165) is 33.2 Å². The third-order valence-electron chi connectivity index (χ3n) is 4.27. The largest absolute Gasteiger partial charge is 0.459 e. The Balaban J connectivity index is 1.49. The smallest absolute Gasteiger partial charge is 0.225 e. The summed E-state index contributed by atoms with van der Waals surface area (Å²) in [5, 5.41) is 5.15. The van der Waals surface area contributed by atoms with Gasteiger partial charge in [-0.2, -0.15) is 0 Å². The maximum absolute atomic E-state index is 12.4. The van der Waals surface area contributed by atoms with Crippen LogP contribution in [0.2, 0.25) is 0 Å². The second-order valence-corrected chi connectivity index (χ2v) is 6.01. The lowest BCUT2D eigenvalue weighted by Gasteiger charge is -2.11. The molecule has 1 atom stereocenters. The van der Waals surface area contributed by atoms with Gasteiger partial charge >= 0.3 is 0 Å². The summed E-state index contributed by atoms with van der Waals surface area (Å²) in [5.74, 6) is 0.746. The summed E-state index contributed by atoms with van der Waals surface area (Å²) >= 11 is 0. The van der Waals surface area contributed by atoms with Gasteiger partial charge < -0.3 is 14.7 Å². The lowest BCUT2D eigenvalue weighted by atomic mass is 10.1. The lowest BCUT2D eigenvalue weighted by molar-refractivity contribution is -0.121. The van der Waals surface area contributed by atoms with E-state index in [1.165, 1.54) is 0 Å². The molecule has 4 heteroatoms. The molecule has 2 N–H and O–H groups in total. The zero-order valence-electron chi connectivity index (χ0n) is 13.4. The van der Waals surface area contributed by atoms with Crippen molar-refractivity contribution in [2.75, 3.05) is 0 Å². The third-order valence-corrected chi connectivity index (χ3v) is 4.27. The van der Waals surface area contributed by atoms with Gasteiger partial charge in [0.05, 0.1) is 12.5 Å². The minimum atomic E-state index is -0.171. The fourth-order valence-corrected chi connectivity index (χ4v) is 3.03. The average Bonchev–Trinajstić information content (AvgIpc) is 3.19. The third kappa shape index (κ3) is 2.67. The van der Waals surface area contributed by atoms with Crippen LogP contribution < -0.4 is 5.32 Å². The Morgan fingerprint density at radius 1 is 1.17 bits per heavy atom. The van der Waals surface area contributed by atoms with E-state index in [1.54, 1.807) is 0 Å². The van der Waals surface area contributed by atoms with Crippen LogP contribution in [0.3, 0.4) is 0 Å². The minimum absolute atomic E-state index is 0.0206. The molecule has 0 bridgehead atoms. The quantitative estimate of drug-likeness (QED) is 0.588. The van der Waals surface area contributed by atoms with Crippen molar-refractivity contribution in [1.29, 1.82) is 0 Å². The summed E-state index contributed by atoms with van der Waals surface area (Å²) in [6.07, 6.45) is 2.24. The topological polar surface area (TPSA) is 58.0 Å². The number of hydrogen-bond donors (Lipinski definition) is 2. The highest BCUT2D eigenvalue weighted by Crippen LogP contribution is 2.24. The number of fused-ring (bicyclic) bond motifs is 2. The first kappa shape index (κ1) is 14.6. The fourth-order valence-electron chi connectivity index (χ4n) is 3.03. The van der Waals surface area contributed by atoms with Gasteiger partial charge in [-0.1, -0.05) is 36.4 Å². The molecule has 4 aromatic rings. The van der Waals surface area contributed by atoms with E-state index >= 15 is 0 Å². The number of aromatic nitrogens is 1. The van der Waals surface area contributed by atoms with E-state index in [-0.39, 0.29) is 11.9 Å². The lowest BCUT2D eigenvalue weighted by Crippen LogP contribution is -2.27. The number of para-hydroxylation sites is 2. The highest BCUT2D eigenvalue weighted by Gasteiger charge is 2.15. The van der Waals surface area contributed by atoms with Crippen LogP contribution in [0.25, 0.3) is 21.9 Å². The van der Waals surface area contributed by atoms with Crippen LogP contribution in [0.15, 0.2) is 65.2 Å². The molecular formula is C20H18N2O2. The normalized spacial score (nSPS) is 12.5. The Morgan fingerprint density at radius 3 is 2.83 bits per heavy atom. The van der Waals surface area contributed by atoms with E-state index in [4.69, 9.17) is 4.42 Å². The van der Waals surface area contributed by atoms with Crippen molar-refractivity contribution in [3.8, 4) is 0 Å². The van der Waals surface area contributed by atoms with Crippen LogP contribution >= 0.6 is 0 Å². The number of furan rings is 1. The summed E-state index contributed by atoms with van der Waals surface area (Å²) in [4.78, 5) is 15.6. The molecule has 0 aliphatic carbocycles. The number of aromatic amines is 1. The Labute approximate surface area is 139 Å². The highest BCUT2D eigenvalue weighted by molar-refractivity contribution is 5.89. The number of carbonyl (C=O) groups is 1. The molecule has 2 aromatic carbocycles. The Bertz CT molecular complexity index is 980. The summed E-state index contributed by atoms with van der Waals surface area (Å²) < 4.78 is 5.82. The van der Waals surface area contributed by atoms with Crippen molar-refractivity contribution in [2.24, 2.45) is 0 Å². The predicted molar refractivity (Wildman–Crippen MR) is 94.8 cm³/mol. The zero-order valence-corrected chi connectivity index (χ0v) is 13.4. The summed E-state index contributed by atoms with van der Waals surface area (Å²) in [6, 6.07) is 17.6. The number of carbonyl (C=O) groups excluding carboxylic acids is 1. The van der Waals surface area contributed by atoms with Crippen molar-refractivity contribution >= 4 is 27.8 Å². The molecule has 0 radical (unpaired) electrons. The first-order valence-corrected chi connectivity index (χ1v) is 8.03. The number of hydrogen-bond acceptors (Lipinski definition) is 2. The maximum Gasteiger partial charge on any atom is 0.225 e. The predicted octanol–water partition coefficient (Wildman–Crippen LogP) is 4.33. The standard InChI is InChI=1S/C20H18N2O2/c1-13(19-10-14-6-2-5-9-18(14)24-19)22-20(23)11-15-12-21-17-8-4-3-7-16(15)17/h2-10,12-13,21H,11H2,1H3,(H,22,23)/t13-/m1/s1. The molecule has 24 heavy (non-hydrogen) atoms. The van der Waals surface area contributed by atoms with E-state index in [9.17, 15) is 4.79 Å². The van der Waals surface area contributed by atoms with Crippen molar-refractivity contribution < 1.29 is 9.21 Å². The van der Waals surface area contributed by atoms with E-state index < -0.39 is 0 Å². The molecular weight excluding hydrogens is 300 g/mol. The van der Waals surface area contributed by atoms with Crippen molar-refractivity contribution in [3.63, 3.8) is 0 Å². The average molecular weight is 318 g/mol. The second-order valence-electron chi connectivity index (χ2n) is 6.01. The molecule has 0 spiro atoms. The van der Waals surface area contributed by atoms with Crippen molar-refractivity contribution in [3.05, 3.63) is 72.1 Å². The molecule has 0 fully saturated rings. The van der Waals surface area contributed by atoms with Crippen LogP contribution in [0.4, 0.5) is 0 Å². The van der Waals surface area contributed by atoms with E-state index in [1.807, 2.05) is 67.7 Å². The van der Waals surface area contributed by atoms with Crippen LogP contribution in [-0.4, -0.2) is 10.9 Å². The van der Waals surface area contributed by atoms with Crippen LogP contribution in [0.1, 0.15) is 24.3 Å². The summed E-state index contributed by atoms with van der Waals surface area (Å²) in [7, 11) is 0. The molecule has 4 nitrogen and oxygen atoms in total. The second kappa shape index (κ2) is 5.89. The Hall–Kier alpha value is -3.01. The van der Waals surface area contributed by atoms with Crippen molar-refractivity contribution in [1.82, 2.24) is 10.3 Å². The zero-order chi connectivity index (χ0) is 16.5. The van der Waals surface area contributed by atoms with Crippen molar-refractivity contribution in [2.45, 2.75) is 19.4 Å². The van der Waals surface area contributed by atoms with Gasteiger partial charge in [0, 0.05) is 22.5 Å². The van der Waals surface area contributed by atoms with E-state index in [2.05, 4.69) is 10.3 Å². The van der Waals surface area contributed by atoms with Gasteiger partial charge in [-0.05, 0) is 30.7 Å². The molecule has 2 heterocycles. The Morgan fingerprint density at radius 2 is 1.96 bits per heavy atom. The van der Waals surface area contributed by atoms with Gasteiger partial charge in [0.25, 0.3) is 0 Å². The van der Waals surface area contributed by atoms with Gasteiger partial charge in [0.2, 0.25) is 5.91 Å². The molecule has 0 unspecified atom stereocenters. The van der Waals surface area contributed by atoms with Crippen LogP contribution in [0.5, 0.6) is 0 Å². The van der Waals surface area contributed by atoms with Crippen LogP contribution in [0, 0.1) is 0 Å².